The molecular weight excluding hydrogens is 286 g/mol. The molecule has 0 atom stereocenters. The summed E-state index contributed by atoms with van der Waals surface area (Å²) in [5.74, 6) is 0.536. The lowest BCUT2D eigenvalue weighted by Crippen LogP contribution is -2.34. The number of hydrogen-bond acceptors (Lipinski definition) is 6. The van der Waals surface area contributed by atoms with E-state index >= 15 is 0 Å². The van der Waals surface area contributed by atoms with Crippen molar-refractivity contribution in [3.05, 3.63) is 18.2 Å². The molecule has 0 aromatic heterocycles. The van der Waals surface area contributed by atoms with Crippen LogP contribution in [0.1, 0.15) is 0 Å². The first-order chi connectivity index (χ1) is 9.06. The van der Waals surface area contributed by atoms with Gasteiger partial charge in [0.1, 0.15) is 0 Å². The molecule has 0 aliphatic heterocycles. The van der Waals surface area contributed by atoms with E-state index in [9.17, 15) is 4.79 Å². The minimum absolute atomic E-state index is 0.118. The van der Waals surface area contributed by atoms with E-state index in [1.165, 1.54) is 18.9 Å². The predicted molar refractivity (Wildman–Crippen MR) is 80.3 cm³/mol. The summed E-state index contributed by atoms with van der Waals surface area (Å²) >= 11 is 6.47. The van der Waals surface area contributed by atoms with Crippen LogP contribution in [0.3, 0.4) is 0 Å². The molecule has 0 saturated heterocycles. The van der Waals surface area contributed by atoms with Crippen molar-refractivity contribution in [2.75, 3.05) is 31.2 Å². The van der Waals surface area contributed by atoms with Crippen LogP contribution in [0.2, 0.25) is 0 Å². The first kappa shape index (κ1) is 15.5. The molecule has 0 aliphatic carbocycles. The summed E-state index contributed by atoms with van der Waals surface area (Å²) < 4.78 is 9.41. The Kier molecular flexibility index (Phi) is 6.40. The van der Waals surface area contributed by atoms with Crippen molar-refractivity contribution in [3.63, 3.8) is 0 Å². The van der Waals surface area contributed by atoms with Gasteiger partial charge in [0.25, 0.3) is 0 Å². The van der Waals surface area contributed by atoms with Gasteiger partial charge in [-0.3, -0.25) is 5.32 Å². The van der Waals surface area contributed by atoms with Crippen molar-refractivity contribution in [2.24, 2.45) is 0 Å². The fourth-order valence-electron chi connectivity index (χ4n) is 1.16. The Morgan fingerprint density at radius 3 is 2.84 bits per heavy atom. The summed E-state index contributed by atoms with van der Waals surface area (Å²) in [4.78, 5) is 12.0. The highest BCUT2D eigenvalue weighted by Crippen LogP contribution is 2.26. The zero-order valence-electron chi connectivity index (χ0n) is 10.6. The van der Waals surface area contributed by atoms with Gasteiger partial charge in [-0.05, 0) is 30.4 Å². The van der Waals surface area contributed by atoms with Crippen molar-refractivity contribution >= 4 is 46.6 Å². The molecule has 19 heavy (non-hydrogen) atoms. The third-order valence-corrected chi connectivity index (χ3v) is 3.16. The second-order valence-electron chi connectivity index (χ2n) is 3.37. The summed E-state index contributed by atoms with van der Waals surface area (Å²) in [5, 5.41) is 5.29. The molecule has 0 aliphatic rings. The smallest absolute Gasteiger partial charge is 0.413 e. The van der Waals surface area contributed by atoms with E-state index in [1.807, 2.05) is 12.1 Å². The number of methoxy groups -OCH3 is 2. The van der Waals surface area contributed by atoms with Crippen molar-refractivity contribution in [1.29, 1.82) is 0 Å². The number of alkyl carbamates (subject to hydrolysis) is 1. The number of carbonyl (C=O) groups excluding carboxylic acids is 1. The molecule has 6 nitrogen and oxygen atoms in total. The van der Waals surface area contributed by atoms with E-state index in [0.29, 0.717) is 17.3 Å². The van der Waals surface area contributed by atoms with Crippen LogP contribution in [0.25, 0.3) is 0 Å². The van der Waals surface area contributed by atoms with E-state index < -0.39 is 6.09 Å². The Morgan fingerprint density at radius 2 is 2.21 bits per heavy atom. The first-order valence-corrected chi connectivity index (χ1v) is 6.63. The molecular formula is C11H15N3O3S2. The summed E-state index contributed by atoms with van der Waals surface area (Å²) in [6, 6.07) is 5.45. The maximum Gasteiger partial charge on any atom is 0.413 e. The normalized spacial score (nSPS) is 9.79. The summed E-state index contributed by atoms with van der Waals surface area (Å²) in [6.45, 7) is 0. The van der Waals surface area contributed by atoms with Crippen molar-refractivity contribution in [2.45, 2.75) is 4.90 Å². The van der Waals surface area contributed by atoms with Gasteiger partial charge in [-0.15, -0.1) is 0 Å². The minimum atomic E-state index is -0.638. The third-order valence-electron chi connectivity index (χ3n) is 2.02. The molecule has 0 bridgehead atoms. The molecule has 8 heteroatoms. The van der Waals surface area contributed by atoms with Crippen LogP contribution in [-0.2, 0) is 9.47 Å². The number of amides is 1. The third kappa shape index (κ3) is 5.33. The number of nitrogen functional groups attached to an aromatic ring is 1. The Morgan fingerprint density at radius 1 is 1.47 bits per heavy atom. The zero-order valence-corrected chi connectivity index (χ0v) is 12.2. The highest BCUT2D eigenvalue weighted by molar-refractivity contribution is 7.99. The Hall–Kier alpha value is -1.51. The fraction of sp³-hybridized carbons (Fsp3) is 0.273. The second-order valence-corrected chi connectivity index (χ2v) is 4.77. The fourth-order valence-corrected chi connectivity index (χ4v) is 1.97. The quantitative estimate of drug-likeness (QED) is 0.339. The van der Waals surface area contributed by atoms with Crippen molar-refractivity contribution < 1.29 is 14.3 Å². The number of thiocarbonyl (C=S) groups is 1. The van der Waals surface area contributed by atoms with Crippen LogP contribution in [0.5, 0.6) is 0 Å². The van der Waals surface area contributed by atoms with Crippen molar-refractivity contribution in [3.8, 4) is 0 Å². The topological polar surface area (TPSA) is 85.6 Å². The van der Waals surface area contributed by atoms with Crippen LogP contribution >= 0.6 is 24.0 Å². The molecule has 0 spiro atoms. The maximum absolute atomic E-state index is 11.0. The van der Waals surface area contributed by atoms with E-state index in [0.717, 1.165) is 4.90 Å². The molecule has 1 aromatic carbocycles. The molecule has 0 radical (unpaired) electrons. The van der Waals surface area contributed by atoms with Gasteiger partial charge >= 0.3 is 6.09 Å². The predicted octanol–water partition coefficient (Wildman–Crippen LogP) is 2.02. The summed E-state index contributed by atoms with van der Waals surface area (Å²) in [5.41, 5.74) is 6.96. The van der Waals surface area contributed by atoms with E-state index in [2.05, 4.69) is 15.4 Å². The average Bonchev–Trinajstić information content (AvgIpc) is 2.39. The van der Waals surface area contributed by atoms with Crippen molar-refractivity contribution in [1.82, 2.24) is 5.32 Å². The number of nitrogens with one attached hydrogen (secondary N) is 2. The molecule has 1 amide bonds. The van der Waals surface area contributed by atoms with Crippen LogP contribution in [-0.4, -0.2) is 31.4 Å². The van der Waals surface area contributed by atoms with Gasteiger partial charge in [0, 0.05) is 12.0 Å². The molecule has 104 valence electrons. The molecule has 0 saturated carbocycles. The number of nitrogens with two attached hydrogens (primary N) is 1. The van der Waals surface area contributed by atoms with E-state index in [-0.39, 0.29) is 5.11 Å². The molecule has 1 rings (SSSR count). The first-order valence-electron chi connectivity index (χ1n) is 5.24. The van der Waals surface area contributed by atoms with Gasteiger partial charge in [0.15, 0.2) is 5.11 Å². The standard InChI is InChI=1S/C11H15N3O3S2/c1-16-6-19-7-3-4-8(12)9(5-7)13-10(18)14-11(15)17-2/h3-5H,6,12H2,1-2H3,(H2,13,14,15,18). The SMILES string of the molecule is COCSc1ccc(N)c(NC(=S)NC(=O)OC)c1. The lowest BCUT2D eigenvalue weighted by atomic mass is 10.3. The van der Waals surface area contributed by atoms with Gasteiger partial charge in [-0.2, -0.15) is 0 Å². The lowest BCUT2D eigenvalue weighted by Gasteiger charge is -2.12. The Labute approximate surface area is 121 Å². The van der Waals surface area contributed by atoms with Gasteiger partial charge in [0.05, 0.1) is 24.4 Å². The summed E-state index contributed by atoms with van der Waals surface area (Å²) in [7, 11) is 2.88. The molecule has 0 unspecified atom stereocenters. The van der Waals surface area contributed by atoms with Gasteiger partial charge in [-0.1, -0.05) is 11.8 Å². The molecule has 0 fully saturated rings. The monoisotopic (exact) mass is 301 g/mol. The second kappa shape index (κ2) is 7.82. The van der Waals surface area contributed by atoms with Crippen LogP contribution in [0.4, 0.5) is 16.2 Å². The molecule has 1 aromatic rings. The number of thioether (sulfide) groups is 1. The number of ether oxygens (including phenoxy) is 2. The van der Waals surface area contributed by atoms with Gasteiger partial charge < -0.3 is 20.5 Å². The Balaban J connectivity index is 2.70. The number of hydrogen-bond donors (Lipinski definition) is 3. The van der Waals surface area contributed by atoms with E-state index in [4.69, 9.17) is 22.7 Å². The zero-order chi connectivity index (χ0) is 14.3. The van der Waals surface area contributed by atoms with Gasteiger partial charge in [-0.25, -0.2) is 4.79 Å². The number of carbonyl (C=O) groups is 1. The number of rotatable bonds is 4. The van der Waals surface area contributed by atoms with Crippen LogP contribution in [0.15, 0.2) is 23.1 Å². The number of benzene rings is 1. The minimum Gasteiger partial charge on any atom is -0.453 e. The highest BCUT2D eigenvalue weighted by atomic mass is 32.2. The lowest BCUT2D eigenvalue weighted by molar-refractivity contribution is 0.177. The molecule has 0 heterocycles. The number of anilines is 2. The summed E-state index contributed by atoms with van der Waals surface area (Å²) in [6.07, 6.45) is -0.638. The largest absolute Gasteiger partial charge is 0.453 e. The molecule has 4 N–H and O–H groups in total. The van der Waals surface area contributed by atoms with Crippen LogP contribution in [0, 0.1) is 0 Å². The maximum atomic E-state index is 11.0. The highest BCUT2D eigenvalue weighted by Gasteiger charge is 2.07. The van der Waals surface area contributed by atoms with E-state index in [1.54, 1.807) is 13.2 Å². The van der Waals surface area contributed by atoms with Gasteiger partial charge in [0.2, 0.25) is 0 Å². The van der Waals surface area contributed by atoms with Crippen LogP contribution < -0.4 is 16.4 Å². The Bertz CT molecular complexity index is 468. The average molecular weight is 301 g/mol.